The average molecular weight is 750 g/mol. The van der Waals surface area contributed by atoms with Crippen molar-refractivity contribution < 1.29 is 15.0 Å². The van der Waals surface area contributed by atoms with E-state index >= 15 is 0 Å². The summed E-state index contributed by atoms with van der Waals surface area (Å²) in [5, 5.41) is 22.7. The molecule has 0 aliphatic carbocycles. The zero-order valence-electron chi connectivity index (χ0n) is 35.5. The molecule has 0 fully saturated rings. The van der Waals surface area contributed by atoms with Crippen molar-refractivity contribution in [2.75, 3.05) is 6.61 Å². The largest absolute Gasteiger partial charge is 0.394 e. The van der Waals surface area contributed by atoms with Crippen LogP contribution in [0, 0.1) is 0 Å². The first-order chi connectivity index (χ1) is 26.7. The van der Waals surface area contributed by atoms with Gasteiger partial charge in [0.1, 0.15) is 0 Å². The molecule has 0 saturated carbocycles. The second kappa shape index (κ2) is 45.0. The van der Waals surface area contributed by atoms with Crippen molar-refractivity contribution in [3.63, 3.8) is 0 Å². The Labute approximate surface area is 335 Å². The van der Waals surface area contributed by atoms with Crippen molar-refractivity contribution in [1.29, 1.82) is 0 Å². The molecule has 0 aliphatic rings. The highest BCUT2D eigenvalue weighted by atomic mass is 16.3. The minimum absolute atomic E-state index is 0.0802. The maximum absolute atomic E-state index is 12.3. The SMILES string of the molecule is CC/C=C\C/C=C\C/C=C\C/C=C\C/C=C\CCCCCCCCCCCCCCCCCCCCCC(=O)NC(CO)C(O)/C=C/CC/C=C/CCC. The van der Waals surface area contributed by atoms with Gasteiger partial charge in [0.15, 0.2) is 0 Å². The maximum Gasteiger partial charge on any atom is 0.220 e. The zero-order chi connectivity index (χ0) is 39.3. The summed E-state index contributed by atoms with van der Waals surface area (Å²) in [7, 11) is 0. The summed E-state index contributed by atoms with van der Waals surface area (Å²) in [5.74, 6) is -0.0802. The highest BCUT2D eigenvalue weighted by Crippen LogP contribution is 2.15. The zero-order valence-corrected chi connectivity index (χ0v) is 35.5. The van der Waals surface area contributed by atoms with Crippen molar-refractivity contribution in [2.45, 2.75) is 219 Å². The summed E-state index contributed by atoms with van der Waals surface area (Å²) in [5.41, 5.74) is 0. The van der Waals surface area contributed by atoms with Gasteiger partial charge in [-0.15, -0.1) is 0 Å². The van der Waals surface area contributed by atoms with Crippen molar-refractivity contribution in [3.05, 3.63) is 85.1 Å². The van der Waals surface area contributed by atoms with Gasteiger partial charge in [-0.05, 0) is 70.6 Å². The number of unbranched alkanes of at least 4 members (excludes halogenated alkanes) is 21. The highest BCUT2D eigenvalue weighted by Gasteiger charge is 2.17. The van der Waals surface area contributed by atoms with Gasteiger partial charge in [0, 0.05) is 6.42 Å². The third-order valence-corrected chi connectivity index (χ3v) is 9.84. The van der Waals surface area contributed by atoms with E-state index in [1.807, 2.05) is 6.08 Å². The van der Waals surface area contributed by atoms with Crippen LogP contribution in [0.2, 0.25) is 0 Å². The molecule has 0 radical (unpaired) electrons. The Kier molecular flexibility index (Phi) is 42.9. The molecule has 0 spiro atoms. The predicted octanol–water partition coefficient (Wildman–Crippen LogP) is 14.5. The fraction of sp³-hybridized carbons (Fsp3) is 0.700. The molecule has 0 aromatic rings. The summed E-state index contributed by atoms with van der Waals surface area (Å²) in [6, 6.07) is -0.637. The maximum atomic E-state index is 12.3. The van der Waals surface area contributed by atoms with E-state index < -0.39 is 12.1 Å². The molecule has 0 bridgehead atoms. The molecule has 0 rings (SSSR count). The lowest BCUT2D eigenvalue weighted by Gasteiger charge is -2.19. The van der Waals surface area contributed by atoms with Gasteiger partial charge < -0.3 is 15.5 Å². The number of aliphatic hydroxyl groups is 2. The van der Waals surface area contributed by atoms with Crippen LogP contribution in [0.5, 0.6) is 0 Å². The molecule has 1 amide bonds. The number of carbonyl (C=O) groups excluding carboxylic acids is 1. The molecule has 54 heavy (non-hydrogen) atoms. The molecule has 0 saturated heterocycles. The number of hydrogen-bond donors (Lipinski definition) is 3. The summed E-state index contributed by atoms with van der Waals surface area (Å²) < 4.78 is 0. The number of nitrogens with one attached hydrogen (secondary N) is 1. The average Bonchev–Trinajstić information content (AvgIpc) is 3.18. The van der Waals surface area contributed by atoms with E-state index in [4.69, 9.17) is 0 Å². The fourth-order valence-corrected chi connectivity index (χ4v) is 6.40. The lowest BCUT2D eigenvalue weighted by molar-refractivity contribution is -0.123. The number of rotatable bonds is 40. The quantitative estimate of drug-likeness (QED) is 0.0431. The molecule has 2 atom stereocenters. The van der Waals surface area contributed by atoms with Crippen LogP contribution in [0.1, 0.15) is 206 Å². The number of hydrogen-bond acceptors (Lipinski definition) is 3. The van der Waals surface area contributed by atoms with Crippen molar-refractivity contribution >= 4 is 5.91 Å². The van der Waals surface area contributed by atoms with Crippen LogP contribution in [0.15, 0.2) is 85.1 Å². The van der Waals surface area contributed by atoms with Crippen molar-refractivity contribution in [1.82, 2.24) is 5.32 Å². The molecule has 0 aromatic carbocycles. The van der Waals surface area contributed by atoms with E-state index in [2.05, 4.69) is 92.1 Å². The molecule has 4 nitrogen and oxygen atoms in total. The first-order valence-electron chi connectivity index (χ1n) is 22.8. The molecule has 0 aliphatic heterocycles. The van der Waals surface area contributed by atoms with Crippen LogP contribution in [0.3, 0.4) is 0 Å². The molecule has 0 heterocycles. The second-order valence-electron chi connectivity index (χ2n) is 15.1. The van der Waals surface area contributed by atoms with E-state index in [1.165, 1.54) is 116 Å². The summed E-state index contributed by atoms with van der Waals surface area (Å²) in [6.07, 6.45) is 65.9. The highest BCUT2D eigenvalue weighted by molar-refractivity contribution is 5.76. The van der Waals surface area contributed by atoms with Gasteiger partial charge in [0.2, 0.25) is 5.91 Å². The van der Waals surface area contributed by atoms with Crippen LogP contribution in [0.25, 0.3) is 0 Å². The molecule has 0 aromatic heterocycles. The second-order valence-corrected chi connectivity index (χ2v) is 15.1. The Hall–Kier alpha value is -2.43. The van der Waals surface area contributed by atoms with Gasteiger partial charge in [0.25, 0.3) is 0 Å². The monoisotopic (exact) mass is 750 g/mol. The Morgan fingerprint density at radius 1 is 0.463 bits per heavy atom. The van der Waals surface area contributed by atoms with Gasteiger partial charge in [0.05, 0.1) is 18.8 Å². The molecular weight excluding hydrogens is 663 g/mol. The van der Waals surface area contributed by atoms with E-state index in [9.17, 15) is 15.0 Å². The Morgan fingerprint density at radius 3 is 1.28 bits per heavy atom. The van der Waals surface area contributed by atoms with Crippen LogP contribution in [-0.2, 0) is 4.79 Å². The number of carbonyl (C=O) groups is 1. The minimum atomic E-state index is -0.860. The summed E-state index contributed by atoms with van der Waals surface area (Å²) in [4.78, 5) is 12.3. The van der Waals surface area contributed by atoms with E-state index in [1.54, 1.807) is 6.08 Å². The van der Waals surface area contributed by atoms with Crippen LogP contribution < -0.4 is 5.32 Å². The Morgan fingerprint density at radius 2 is 0.833 bits per heavy atom. The van der Waals surface area contributed by atoms with E-state index in [0.717, 1.165) is 70.6 Å². The molecule has 4 heteroatoms. The Balaban J connectivity index is 3.43. The lowest BCUT2D eigenvalue weighted by atomic mass is 10.0. The third-order valence-electron chi connectivity index (χ3n) is 9.84. The molecule has 310 valence electrons. The standard InChI is InChI=1S/C50H87NO3/c1-3-5-7-9-11-12-13-14-15-16-17-18-19-20-21-22-23-24-25-26-27-28-29-30-31-32-33-34-35-36-37-38-40-42-44-46-50(54)51-48(47-52)49(53)45-43-41-39-10-8-6-4-2/h5,7-8,10-12,14-15,17-18,20-21,43,45,48-49,52-53H,3-4,6,9,13,16,19,22-42,44,46-47H2,1-2H3,(H,51,54)/b7-5-,10-8+,12-11-,15-14-,18-17-,21-20-,45-43+. The summed E-state index contributed by atoms with van der Waals surface area (Å²) in [6.45, 7) is 4.07. The van der Waals surface area contributed by atoms with Gasteiger partial charge in [-0.25, -0.2) is 0 Å². The topological polar surface area (TPSA) is 69.6 Å². The normalized spacial score (nSPS) is 13.8. The number of allylic oxidation sites excluding steroid dienone is 13. The van der Waals surface area contributed by atoms with Gasteiger partial charge in [-0.2, -0.15) is 0 Å². The van der Waals surface area contributed by atoms with Gasteiger partial charge in [-0.3, -0.25) is 4.79 Å². The van der Waals surface area contributed by atoms with Crippen LogP contribution in [0.4, 0.5) is 0 Å². The van der Waals surface area contributed by atoms with E-state index in [0.29, 0.717) is 6.42 Å². The number of amides is 1. The molecule has 3 N–H and O–H groups in total. The third kappa shape index (κ3) is 40.7. The number of aliphatic hydroxyl groups excluding tert-OH is 2. The first kappa shape index (κ1) is 51.6. The van der Waals surface area contributed by atoms with E-state index in [-0.39, 0.29) is 12.5 Å². The predicted molar refractivity (Wildman–Crippen MR) is 239 cm³/mol. The Bertz CT molecular complexity index is 988. The van der Waals surface area contributed by atoms with Crippen molar-refractivity contribution in [3.8, 4) is 0 Å². The van der Waals surface area contributed by atoms with Crippen LogP contribution >= 0.6 is 0 Å². The first-order valence-corrected chi connectivity index (χ1v) is 22.8. The van der Waals surface area contributed by atoms with Crippen LogP contribution in [-0.4, -0.2) is 34.9 Å². The molecular formula is C50H87NO3. The smallest absolute Gasteiger partial charge is 0.220 e. The summed E-state index contributed by atoms with van der Waals surface area (Å²) >= 11 is 0. The minimum Gasteiger partial charge on any atom is -0.394 e. The lowest BCUT2D eigenvalue weighted by Crippen LogP contribution is -2.45. The molecule has 2 unspecified atom stereocenters. The van der Waals surface area contributed by atoms with Crippen molar-refractivity contribution in [2.24, 2.45) is 0 Å². The van der Waals surface area contributed by atoms with Gasteiger partial charge >= 0.3 is 0 Å². The fourth-order valence-electron chi connectivity index (χ4n) is 6.40. The van der Waals surface area contributed by atoms with Gasteiger partial charge in [-0.1, -0.05) is 214 Å².